The smallest absolute Gasteiger partial charge is 0.243 e. The molecule has 0 amide bonds. The van der Waals surface area contributed by atoms with Gasteiger partial charge in [0.2, 0.25) is 5.89 Å². The fraction of sp³-hybridized carbons (Fsp3) is 0.529. The maximum atomic E-state index is 6.20. The van der Waals surface area contributed by atoms with Crippen LogP contribution in [-0.2, 0) is 6.42 Å². The highest BCUT2D eigenvalue weighted by atomic mass is 16.5. The molecule has 1 saturated carbocycles. The standard InChI is InChI=1S/C17H23N3O/c1-12-7-9-14(10-8-12)16-19-17(21-20-16)15(18)11-13-5-3-2-4-6-13/h2-6,12,14-15H,7-11,18H2,1H3. The quantitative estimate of drug-likeness (QED) is 0.932. The van der Waals surface area contributed by atoms with Crippen molar-refractivity contribution in [3.8, 4) is 0 Å². The van der Waals surface area contributed by atoms with Crippen molar-refractivity contribution in [3.05, 3.63) is 47.6 Å². The van der Waals surface area contributed by atoms with Crippen LogP contribution in [0, 0.1) is 5.92 Å². The van der Waals surface area contributed by atoms with Crippen molar-refractivity contribution in [1.29, 1.82) is 0 Å². The summed E-state index contributed by atoms with van der Waals surface area (Å²) >= 11 is 0. The number of hydrogen-bond acceptors (Lipinski definition) is 4. The molecular formula is C17H23N3O. The summed E-state index contributed by atoms with van der Waals surface area (Å²) in [5.41, 5.74) is 7.39. The first-order chi connectivity index (χ1) is 10.2. The van der Waals surface area contributed by atoms with Crippen LogP contribution in [0.2, 0.25) is 0 Å². The molecule has 1 atom stereocenters. The summed E-state index contributed by atoms with van der Waals surface area (Å²) in [5.74, 6) is 2.68. The lowest BCUT2D eigenvalue weighted by molar-refractivity contribution is 0.319. The van der Waals surface area contributed by atoms with Crippen LogP contribution in [0.4, 0.5) is 0 Å². The van der Waals surface area contributed by atoms with Gasteiger partial charge in [-0.25, -0.2) is 0 Å². The highest BCUT2D eigenvalue weighted by molar-refractivity contribution is 5.16. The second-order valence-corrected chi connectivity index (χ2v) is 6.24. The van der Waals surface area contributed by atoms with Crippen molar-refractivity contribution in [2.45, 2.75) is 51.0 Å². The van der Waals surface area contributed by atoms with Crippen LogP contribution in [0.1, 0.15) is 61.8 Å². The minimum absolute atomic E-state index is 0.226. The van der Waals surface area contributed by atoms with Gasteiger partial charge in [-0.15, -0.1) is 0 Å². The van der Waals surface area contributed by atoms with Gasteiger partial charge in [0.05, 0.1) is 6.04 Å². The fourth-order valence-electron chi connectivity index (χ4n) is 3.04. The van der Waals surface area contributed by atoms with Gasteiger partial charge in [0.25, 0.3) is 0 Å². The monoisotopic (exact) mass is 285 g/mol. The van der Waals surface area contributed by atoms with Crippen LogP contribution in [0.25, 0.3) is 0 Å². The zero-order chi connectivity index (χ0) is 14.7. The van der Waals surface area contributed by atoms with Gasteiger partial charge < -0.3 is 10.3 Å². The molecule has 112 valence electrons. The molecule has 2 N–H and O–H groups in total. The van der Waals surface area contributed by atoms with Crippen molar-refractivity contribution in [2.75, 3.05) is 0 Å². The average Bonchev–Trinajstić information content (AvgIpc) is 2.99. The van der Waals surface area contributed by atoms with E-state index in [-0.39, 0.29) is 6.04 Å². The molecule has 1 aliphatic rings. The minimum Gasteiger partial charge on any atom is -0.338 e. The van der Waals surface area contributed by atoms with Gasteiger partial charge in [-0.3, -0.25) is 0 Å². The van der Waals surface area contributed by atoms with Gasteiger partial charge in [0.1, 0.15) is 0 Å². The molecule has 0 radical (unpaired) electrons. The summed E-state index contributed by atoms with van der Waals surface area (Å²) in [6.45, 7) is 2.31. The summed E-state index contributed by atoms with van der Waals surface area (Å²) < 4.78 is 5.39. The third-order valence-corrected chi connectivity index (χ3v) is 4.45. The third kappa shape index (κ3) is 3.50. The molecule has 1 unspecified atom stereocenters. The Morgan fingerprint density at radius 3 is 2.62 bits per heavy atom. The van der Waals surface area contributed by atoms with E-state index in [2.05, 4.69) is 29.2 Å². The largest absolute Gasteiger partial charge is 0.338 e. The molecule has 0 bridgehead atoms. The number of nitrogens with two attached hydrogens (primary N) is 1. The van der Waals surface area contributed by atoms with Crippen LogP contribution < -0.4 is 5.73 Å². The molecule has 1 aliphatic carbocycles. The molecule has 3 rings (SSSR count). The fourth-order valence-corrected chi connectivity index (χ4v) is 3.04. The first kappa shape index (κ1) is 14.3. The minimum atomic E-state index is -0.226. The van der Waals surface area contributed by atoms with Gasteiger partial charge >= 0.3 is 0 Å². The van der Waals surface area contributed by atoms with Crippen molar-refractivity contribution >= 4 is 0 Å². The van der Waals surface area contributed by atoms with Crippen molar-refractivity contribution in [1.82, 2.24) is 10.1 Å². The molecule has 1 heterocycles. The number of rotatable bonds is 4. The van der Waals surface area contributed by atoms with E-state index >= 15 is 0 Å². The number of hydrogen-bond donors (Lipinski definition) is 1. The second-order valence-electron chi connectivity index (χ2n) is 6.24. The molecule has 1 aromatic carbocycles. The van der Waals surface area contributed by atoms with Gasteiger partial charge in [0, 0.05) is 5.92 Å². The Kier molecular flexibility index (Phi) is 4.34. The van der Waals surface area contributed by atoms with Crippen molar-refractivity contribution in [2.24, 2.45) is 11.7 Å². The summed E-state index contributed by atoms with van der Waals surface area (Å²) in [6.07, 6.45) is 5.56. The SMILES string of the molecule is CC1CCC(c2noc(C(N)Cc3ccccc3)n2)CC1. The van der Waals surface area contributed by atoms with Gasteiger partial charge in [-0.05, 0) is 30.7 Å². The second kappa shape index (κ2) is 6.39. The molecule has 0 spiro atoms. The topological polar surface area (TPSA) is 64.9 Å². The lowest BCUT2D eigenvalue weighted by atomic mass is 9.83. The molecule has 4 nitrogen and oxygen atoms in total. The lowest BCUT2D eigenvalue weighted by Crippen LogP contribution is -2.15. The van der Waals surface area contributed by atoms with E-state index in [1.807, 2.05) is 18.2 Å². The maximum Gasteiger partial charge on any atom is 0.243 e. The highest BCUT2D eigenvalue weighted by Crippen LogP contribution is 2.34. The van der Waals surface area contributed by atoms with Crippen LogP contribution >= 0.6 is 0 Å². The number of benzene rings is 1. The first-order valence-electron chi connectivity index (χ1n) is 7.85. The highest BCUT2D eigenvalue weighted by Gasteiger charge is 2.25. The zero-order valence-corrected chi connectivity index (χ0v) is 12.5. The van der Waals surface area contributed by atoms with E-state index < -0.39 is 0 Å². The normalized spacial score (nSPS) is 23.9. The number of nitrogens with zero attached hydrogens (tertiary/aromatic N) is 2. The maximum absolute atomic E-state index is 6.20. The molecule has 0 aliphatic heterocycles. The van der Waals surface area contributed by atoms with E-state index in [0.717, 1.165) is 31.0 Å². The van der Waals surface area contributed by atoms with E-state index in [1.165, 1.54) is 18.4 Å². The average molecular weight is 285 g/mol. The van der Waals surface area contributed by atoms with Gasteiger partial charge in [-0.1, -0.05) is 55.3 Å². The van der Waals surface area contributed by atoms with Crippen LogP contribution in [0.15, 0.2) is 34.9 Å². The molecule has 1 fully saturated rings. The summed E-state index contributed by atoms with van der Waals surface area (Å²) in [7, 11) is 0. The zero-order valence-electron chi connectivity index (χ0n) is 12.5. The van der Waals surface area contributed by atoms with E-state index in [1.54, 1.807) is 0 Å². The number of aromatic nitrogens is 2. The molecule has 4 heteroatoms. The Labute approximate surface area is 125 Å². The molecular weight excluding hydrogens is 262 g/mol. The Bertz CT molecular complexity index is 558. The predicted octanol–water partition coefficient (Wildman–Crippen LogP) is 3.61. The van der Waals surface area contributed by atoms with E-state index in [9.17, 15) is 0 Å². The summed E-state index contributed by atoms with van der Waals surface area (Å²) in [6, 6.07) is 9.95. The van der Waals surface area contributed by atoms with Gasteiger partial charge in [0.15, 0.2) is 5.82 Å². The predicted molar refractivity (Wildman–Crippen MR) is 81.7 cm³/mol. The van der Waals surface area contributed by atoms with Crippen LogP contribution in [0.5, 0.6) is 0 Å². The Morgan fingerprint density at radius 2 is 1.90 bits per heavy atom. The third-order valence-electron chi connectivity index (χ3n) is 4.45. The van der Waals surface area contributed by atoms with E-state index in [0.29, 0.717) is 11.8 Å². The van der Waals surface area contributed by atoms with Crippen LogP contribution in [-0.4, -0.2) is 10.1 Å². The van der Waals surface area contributed by atoms with Crippen molar-refractivity contribution in [3.63, 3.8) is 0 Å². The summed E-state index contributed by atoms with van der Waals surface area (Å²) in [4.78, 5) is 4.55. The van der Waals surface area contributed by atoms with Gasteiger partial charge in [-0.2, -0.15) is 4.98 Å². The van der Waals surface area contributed by atoms with Crippen molar-refractivity contribution < 1.29 is 4.52 Å². The lowest BCUT2D eigenvalue weighted by Gasteiger charge is -2.23. The Hall–Kier alpha value is -1.68. The molecule has 1 aromatic heterocycles. The summed E-state index contributed by atoms with van der Waals surface area (Å²) in [5, 5.41) is 4.16. The van der Waals surface area contributed by atoms with Crippen LogP contribution in [0.3, 0.4) is 0 Å². The molecule has 0 saturated heterocycles. The first-order valence-corrected chi connectivity index (χ1v) is 7.85. The van der Waals surface area contributed by atoms with E-state index in [4.69, 9.17) is 10.3 Å². The Morgan fingerprint density at radius 1 is 1.19 bits per heavy atom. The Balaban J connectivity index is 1.64. The molecule has 21 heavy (non-hydrogen) atoms. The molecule has 2 aromatic rings.